The molecule has 0 aliphatic heterocycles. The summed E-state index contributed by atoms with van der Waals surface area (Å²) < 4.78 is 1.69. The van der Waals surface area contributed by atoms with Crippen molar-refractivity contribution in [2.75, 3.05) is 20.6 Å². The van der Waals surface area contributed by atoms with Crippen molar-refractivity contribution >= 4 is 34.1 Å². The number of benzene rings is 2. The van der Waals surface area contributed by atoms with Gasteiger partial charge in [-0.1, -0.05) is 53.0 Å². The maximum atomic E-state index is 13.1. The van der Waals surface area contributed by atoms with Crippen LogP contribution in [-0.4, -0.2) is 35.1 Å². The minimum absolute atomic E-state index is 0.133. The van der Waals surface area contributed by atoms with Gasteiger partial charge in [0.15, 0.2) is 0 Å². The average molecular weight is 376 g/mol. The minimum atomic E-state index is -0.133. The Morgan fingerprint density at radius 3 is 2.44 bits per heavy atom. The summed E-state index contributed by atoms with van der Waals surface area (Å²) in [5, 5.41) is 1.25. The molecule has 0 fully saturated rings. The van der Waals surface area contributed by atoms with Crippen LogP contribution in [0.3, 0.4) is 0 Å². The van der Waals surface area contributed by atoms with Crippen molar-refractivity contribution in [3.8, 4) is 11.4 Å². The quantitative estimate of drug-likeness (QED) is 0.684. The first-order valence-electron chi connectivity index (χ1n) is 7.98. The molecule has 0 spiro atoms. The van der Waals surface area contributed by atoms with Crippen LogP contribution in [0.25, 0.3) is 22.3 Å². The molecule has 0 saturated carbocycles. The summed E-state index contributed by atoms with van der Waals surface area (Å²) >= 11 is 12.4. The van der Waals surface area contributed by atoms with Crippen molar-refractivity contribution in [1.82, 2.24) is 14.5 Å². The first kappa shape index (κ1) is 17.9. The fourth-order valence-electron chi connectivity index (χ4n) is 2.68. The van der Waals surface area contributed by atoms with E-state index in [0.29, 0.717) is 33.3 Å². The third-order valence-electron chi connectivity index (χ3n) is 4.06. The molecular weight excluding hydrogens is 357 g/mol. The van der Waals surface area contributed by atoms with Gasteiger partial charge in [-0.15, -0.1) is 0 Å². The van der Waals surface area contributed by atoms with Crippen LogP contribution in [0.1, 0.15) is 5.56 Å². The van der Waals surface area contributed by atoms with Crippen LogP contribution in [0.2, 0.25) is 10.0 Å². The first-order valence-corrected chi connectivity index (χ1v) is 8.74. The van der Waals surface area contributed by atoms with Gasteiger partial charge in [-0.25, -0.2) is 4.98 Å². The molecule has 130 valence electrons. The van der Waals surface area contributed by atoms with Crippen LogP contribution in [-0.2, 0) is 6.54 Å². The largest absolute Gasteiger partial charge is 0.308 e. The van der Waals surface area contributed by atoms with Crippen molar-refractivity contribution in [2.24, 2.45) is 0 Å². The zero-order valence-corrected chi connectivity index (χ0v) is 15.9. The van der Waals surface area contributed by atoms with Gasteiger partial charge in [0.2, 0.25) is 0 Å². The Morgan fingerprint density at radius 2 is 1.80 bits per heavy atom. The first-order chi connectivity index (χ1) is 11.9. The van der Waals surface area contributed by atoms with E-state index >= 15 is 0 Å². The molecule has 4 nitrogen and oxygen atoms in total. The Balaban J connectivity index is 2.30. The lowest BCUT2D eigenvalue weighted by molar-refractivity contribution is 0.381. The Labute approximate surface area is 156 Å². The third kappa shape index (κ3) is 3.71. The SMILES string of the molecule is Cc1ccc(-c2nc3c(Cl)cc(Cl)cc3c(=O)n2CCN(C)C)cc1. The maximum Gasteiger partial charge on any atom is 0.261 e. The Morgan fingerprint density at radius 1 is 1.12 bits per heavy atom. The van der Waals surface area contributed by atoms with Gasteiger partial charge < -0.3 is 4.90 Å². The van der Waals surface area contributed by atoms with E-state index in [1.54, 1.807) is 16.7 Å². The number of fused-ring (bicyclic) bond motifs is 1. The predicted octanol–water partition coefficient (Wildman–Crippen LogP) is 4.24. The van der Waals surface area contributed by atoms with Crippen LogP contribution in [0, 0.1) is 6.92 Å². The normalized spacial score (nSPS) is 11.4. The van der Waals surface area contributed by atoms with Gasteiger partial charge in [0.05, 0.1) is 15.9 Å². The minimum Gasteiger partial charge on any atom is -0.308 e. The second-order valence-electron chi connectivity index (χ2n) is 6.35. The Bertz CT molecular complexity index is 979. The molecule has 0 aliphatic rings. The molecule has 1 heterocycles. The topological polar surface area (TPSA) is 38.1 Å². The summed E-state index contributed by atoms with van der Waals surface area (Å²) in [7, 11) is 3.94. The summed E-state index contributed by atoms with van der Waals surface area (Å²) in [4.78, 5) is 19.8. The number of rotatable bonds is 4. The average Bonchev–Trinajstić information content (AvgIpc) is 2.55. The standard InChI is InChI=1S/C19H19Cl2N3O/c1-12-4-6-13(7-5-12)18-22-17-15(10-14(20)11-16(17)21)19(25)24(18)9-8-23(2)3/h4-7,10-11H,8-9H2,1-3H3. The molecule has 0 atom stereocenters. The highest BCUT2D eigenvalue weighted by Crippen LogP contribution is 2.27. The second kappa shape index (κ2) is 7.16. The van der Waals surface area contributed by atoms with E-state index < -0.39 is 0 Å². The fourth-order valence-corrected chi connectivity index (χ4v) is 3.22. The van der Waals surface area contributed by atoms with Crippen molar-refractivity contribution in [2.45, 2.75) is 13.5 Å². The van der Waals surface area contributed by atoms with E-state index in [4.69, 9.17) is 28.2 Å². The number of halogens is 2. The molecule has 0 amide bonds. The van der Waals surface area contributed by atoms with E-state index in [9.17, 15) is 4.79 Å². The Kier molecular flexibility index (Phi) is 5.13. The predicted molar refractivity (Wildman–Crippen MR) is 105 cm³/mol. The summed E-state index contributed by atoms with van der Waals surface area (Å²) in [5.74, 6) is 0.614. The van der Waals surface area contributed by atoms with E-state index in [2.05, 4.69) is 0 Å². The molecule has 0 radical (unpaired) electrons. The summed E-state index contributed by atoms with van der Waals surface area (Å²) in [6.45, 7) is 3.28. The molecule has 0 unspecified atom stereocenters. The molecule has 0 saturated heterocycles. The highest BCUT2D eigenvalue weighted by molar-refractivity contribution is 6.38. The van der Waals surface area contributed by atoms with E-state index in [1.165, 1.54) is 0 Å². The lowest BCUT2D eigenvalue weighted by atomic mass is 10.1. The van der Waals surface area contributed by atoms with Crippen molar-refractivity contribution in [3.05, 3.63) is 62.4 Å². The highest BCUT2D eigenvalue weighted by Gasteiger charge is 2.15. The van der Waals surface area contributed by atoms with Crippen molar-refractivity contribution in [3.63, 3.8) is 0 Å². The van der Waals surface area contributed by atoms with Crippen molar-refractivity contribution < 1.29 is 0 Å². The van der Waals surface area contributed by atoms with Gasteiger partial charge in [-0.2, -0.15) is 0 Å². The molecule has 3 rings (SSSR count). The molecule has 0 aliphatic carbocycles. The molecular formula is C19H19Cl2N3O. The van der Waals surface area contributed by atoms with Crippen LogP contribution >= 0.6 is 23.2 Å². The molecule has 2 aromatic carbocycles. The summed E-state index contributed by atoms with van der Waals surface area (Å²) in [5.41, 5.74) is 2.38. The van der Waals surface area contributed by atoms with Crippen molar-refractivity contribution in [1.29, 1.82) is 0 Å². The number of aromatic nitrogens is 2. The summed E-state index contributed by atoms with van der Waals surface area (Å²) in [6.07, 6.45) is 0. The van der Waals surface area contributed by atoms with Gasteiger partial charge >= 0.3 is 0 Å². The monoisotopic (exact) mass is 375 g/mol. The smallest absolute Gasteiger partial charge is 0.261 e. The van der Waals surface area contributed by atoms with Gasteiger partial charge in [0.25, 0.3) is 5.56 Å². The van der Waals surface area contributed by atoms with Crippen LogP contribution in [0.5, 0.6) is 0 Å². The fraction of sp³-hybridized carbons (Fsp3) is 0.263. The Hall–Kier alpha value is -1.88. The maximum absolute atomic E-state index is 13.1. The number of likely N-dealkylation sites (N-methyl/N-ethyl adjacent to an activating group) is 1. The highest BCUT2D eigenvalue weighted by atomic mass is 35.5. The zero-order chi connectivity index (χ0) is 18.1. The molecule has 0 bridgehead atoms. The van der Waals surface area contributed by atoms with Crippen LogP contribution < -0.4 is 5.56 Å². The molecule has 1 aromatic heterocycles. The summed E-state index contributed by atoms with van der Waals surface area (Å²) in [6, 6.07) is 11.2. The third-order valence-corrected chi connectivity index (χ3v) is 4.56. The van der Waals surface area contributed by atoms with Gasteiger partial charge in [-0.3, -0.25) is 9.36 Å². The van der Waals surface area contributed by atoms with Gasteiger partial charge in [0.1, 0.15) is 5.82 Å². The number of nitrogens with zero attached hydrogens (tertiary/aromatic N) is 3. The van der Waals surface area contributed by atoms with E-state index in [0.717, 1.165) is 17.7 Å². The lowest BCUT2D eigenvalue weighted by Crippen LogP contribution is -2.29. The molecule has 25 heavy (non-hydrogen) atoms. The number of hydrogen-bond donors (Lipinski definition) is 0. The van der Waals surface area contributed by atoms with Gasteiger partial charge in [0, 0.05) is 23.7 Å². The zero-order valence-electron chi connectivity index (χ0n) is 14.4. The van der Waals surface area contributed by atoms with E-state index in [-0.39, 0.29) is 5.56 Å². The number of hydrogen-bond acceptors (Lipinski definition) is 3. The lowest BCUT2D eigenvalue weighted by Gasteiger charge is -2.17. The second-order valence-corrected chi connectivity index (χ2v) is 7.19. The molecule has 0 N–H and O–H groups in total. The van der Waals surface area contributed by atoms with Crippen LogP contribution in [0.4, 0.5) is 0 Å². The number of aryl methyl sites for hydroxylation is 1. The van der Waals surface area contributed by atoms with Gasteiger partial charge in [-0.05, 0) is 33.2 Å². The molecule has 6 heteroatoms. The van der Waals surface area contributed by atoms with Crippen LogP contribution in [0.15, 0.2) is 41.2 Å². The molecule has 3 aromatic rings. The van der Waals surface area contributed by atoms with E-state index in [1.807, 2.05) is 50.2 Å².